The number of anilines is 1. The summed E-state index contributed by atoms with van der Waals surface area (Å²) in [6.45, 7) is 3.41. The molecule has 1 aromatic rings. The van der Waals surface area contributed by atoms with Crippen molar-refractivity contribution in [2.24, 2.45) is 5.92 Å². The fourth-order valence-electron chi connectivity index (χ4n) is 3.26. The normalized spacial score (nSPS) is 25.6. The van der Waals surface area contributed by atoms with Gasteiger partial charge in [0.2, 0.25) is 5.91 Å². The van der Waals surface area contributed by atoms with E-state index < -0.39 is 0 Å². The predicted molar refractivity (Wildman–Crippen MR) is 86.0 cm³/mol. The Labute approximate surface area is 134 Å². The molecule has 3 rings (SSSR count). The molecule has 2 heterocycles. The van der Waals surface area contributed by atoms with Crippen molar-refractivity contribution >= 4 is 34.8 Å². The van der Waals surface area contributed by atoms with Gasteiger partial charge in [-0.2, -0.15) is 0 Å². The minimum atomic E-state index is -0.0661. The first kappa shape index (κ1) is 15.1. The summed E-state index contributed by atoms with van der Waals surface area (Å²) in [5.74, 6) is 0.610. The van der Waals surface area contributed by atoms with E-state index in [1.165, 1.54) is 12.8 Å². The van der Waals surface area contributed by atoms with Crippen LogP contribution in [0.2, 0.25) is 10.0 Å². The molecular formula is C15H19Cl2N3O. The van der Waals surface area contributed by atoms with Crippen LogP contribution in [0.15, 0.2) is 18.2 Å². The summed E-state index contributed by atoms with van der Waals surface area (Å²) < 4.78 is 0. The zero-order chi connectivity index (χ0) is 14.8. The average Bonchev–Trinajstić information content (AvgIpc) is 2.85. The van der Waals surface area contributed by atoms with Crippen molar-refractivity contribution in [3.63, 3.8) is 0 Å². The summed E-state index contributed by atoms with van der Waals surface area (Å²) in [4.78, 5) is 14.4. The maximum Gasteiger partial charge on any atom is 0.238 e. The molecule has 114 valence electrons. The summed E-state index contributed by atoms with van der Waals surface area (Å²) in [5, 5.41) is 7.29. The molecule has 2 aliphatic rings. The Morgan fingerprint density at radius 1 is 1.33 bits per heavy atom. The molecule has 2 saturated heterocycles. The fraction of sp³-hybridized carbons (Fsp3) is 0.533. The molecule has 0 aromatic heterocycles. The van der Waals surface area contributed by atoms with Crippen LogP contribution in [-0.4, -0.2) is 43.0 Å². The molecule has 2 atom stereocenters. The Hall–Kier alpha value is -0.810. The lowest BCUT2D eigenvalue weighted by Crippen LogP contribution is -2.41. The largest absolute Gasteiger partial charge is 0.322 e. The summed E-state index contributed by atoms with van der Waals surface area (Å²) in [6, 6.07) is 5.74. The van der Waals surface area contributed by atoms with Crippen molar-refractivity contribution in [2.45, 2.75) is 18.9 Å². The van der Waals surface area contributed by atoms with Crippen LogP contribution in [0.25, 0.3) is 0 Å². The van der Waals surface area contributed by atoms with Gasteiger partial charge in [-0.1, -0.05) is 29.3 Å². The number of hydrogen-bond acceptors (Lipinski definition) is 3. The third kappa shape index (κ3) is 3.51. The van der Waals surface area contributed by atoms with Crippen LogP contribution in [0.4, 0.5) is 5.69 Å². The average molecular weight is 328 g/mol. The molecule has 4 nitrogen and oxygen atoms in total. The zero-order valence-corrected chi connectivity index (χ0v) is 13.3. The first-order chi connectivity index (χ1) is 10.1. The number of halogens is 2. The monoisotopic (exact) mass is 327 g/mol. The van der Waals surface area contributed by atoms with Crippen molar-refractivity contribution in [2.75, 3.05) is 31.5 Å². The van der Waals surface area contributed by atoms with Gasteiger partial charge in [-0.25, -0.2) is 0 Å². The van der Waals surface area contributed by atoms with E-state index in [2.05, 4.69) is 15.5 Å². The van der Waals surface area contributed by atoms with E-state index in [-0.39, 0.29) is 5.91 Å². The van der Waals surface area contributed by atoms with Gasteiger partial charge >= 0.3 is 0 Å². The number of para-hydroxylation sites is 1. The number of carbonyl (C=O) groups excluding carboxylic acids is 1. The highest BCUT2D eigenvalue weighted by Gasteiger charge is 2.34. The predicted octanol–water partition coefficient (Wildman–Crippen LogP) is 2.62. The molecule has 2 fully saturated rings. The van der Waals surface area contributed by atoms with Crippen LogP contribution in [0.5, 0.6) is 0 Å². The molecule has 0 aliphatic carbocycles. The molecule has 1 aromatic carbocycles. The smallest absolute Gasteiger partial charge is 0.238 e. The lowest BCUT2D eigenvalue weighted by Gasteiger charge is -2.24. The van der Waals surface area contributed by atoms with E-state index >= 15 is 0 Å². The summed E-state index contributed by atoms with van der Waals surface area (Å²) in [7, 11) is 0. The van der Waals surface area contributed by atoms with Crippen LogP contribution >= 0.6 is 23.2 Å². The van der Waals surface area contributed by atoms with E-state index in [1.54, 1.807) is 18.2 Å². The fourth-order valence-corrected chi connectivity index (χ4v) is 3.76. The molecular weight excluding hydrogens is 309 g/mol. The van der Waals surface area contributed by atoms with Gasteiger partial charge in [-0.3, -0.25) is 9.69 Å². The number of nitrogens with zero attached hydrogens (tertiary/aromatic N) is 1. The lowest BCUT2D eigenvalue weighted by molar-refractivity contribution is -0.117. The summed E-state index contributed by atoms with van der Waals surface area (Å²) >= 11 is 12.1. The van der Waals surface area contributed by atoms with Gasteiger partial charge in [0.15, 0.2) is 0 Å². The van der Waals surface area contributed by atoms with Gasteiger partial charge < -0.3 is 10.6 Å². The standard InChI is InChI=1S/C15H19Cl2N3O/c16-11-4-1-5-12(17)15(11)19-14(21)9-20-7-10-3-2-6-18-13(10)8-20/h1,4-5,10,13,18H,2-3,6-9H2,(H,19,21)/t10-,13+/m0/s1. The Morgan fingerprint density at radius 2 is 2.10 bits per heavy atom. The van der Waals surface area contributed by atoms with Crippen molar-refractivity contribution in [1.29, 1.82) is 0 Å². The molecule has 0 unspecified atom stereocenters. The number of rotatable bonds is 3. The van der Waals surface area contributed by atoms with Crippen molar-refractivity contribution in [3.05, 3.63) is 28.2 Å². The van der Waals surface area contributed by atoms with Gasteiger partial charge in [-0.15, -0.1) is 0 Å². The number of nitrogens with one attached hydrogen (secondary N) is 2. The van der Waals surface area contributed by atoms with Crippen LogP contribution < -0.4 is 10.6 Å². The third-order valence-electron chi connectivity index (χ3n) is 4.27. The number of carbonyl (C=O) groups is 1. The highest BCUT2D eigenvalue weighted by Crippen LogP contribution is 2.30. The van der Waals surface area contributed by atoms with E-state index in [0.29, 0.717) is 34.2 Å². The number of fused-ring (bicyclic) bond motifs is 1. The van der Waals surface area contributed by atoms with E-state index in [4.69, 9.17) is 23.2 Å². The van der Waals surface area contributed by atoms with Gasteiger partial charge in [0, 0.05) is 19.1 Å². The SMILES string of the molecule is O=C(CN1C[C@@H]2CCCN[C@@H]2C1)Nc1c(Cl)cccc1Cl. The molecule has 0 saturated carbocycles. The molecule has 0 radical (unpaired) electrons. The number of piperidine rings is 1. The number of benzene rings is 1. The molecule has 2 N–H and O–H groups in total. The Balaban J connectivity index is 1.57. The Kier molecular flexibility index (Phi) is 4.69. The van der Waals surface area contributed by atoms with Crippen LogP contribution in [0, 0.1) is 5.92 Å². The second kappa shape index (κ2) is 6.53. The summed E-state index contributed by atoms with van der Waals surface area (Å²) in [5.41, 5.74) is 0.501. The maximum absolute atomic E-state index is 12.2. The minimum absolute atomic E-state index is 0.0661. The third-order valence-corrected chi connectivity index (χ3v) is 4.90. The maximum atomic E-state index is 12.2. The second-order valence-corrected chi connectivity index (χ2v) is 6.62. The minimum Gasteiger partial charge on any atom is -0.322 e. The topological polar surface area (TPSA) is 44.4 Å². The summed E-state index contributed by atoms with van der Waals surface area (Å²) in [6.07, 6.45) is 2.49. The van der Waals surface area contributed by atoms with E-state index in [0.717, 1.165) is 19.6 Å². The molecule has 2 aliphatic heterocycles. The van der Waals surface area contributed by atoms with Crippen molar-refractivity contribution in [1.82, 2.24) is 10.2 Å². The second-order valence-electron chi connectivity index (χ2n) is 5.80. The van der Waals surface area contributed by atoms with Crippen molar-refractivity contribution in [3.8, 4) is 0 Å². The lowest BCUT2D eigenvalue weighted by atomic mass is 9.94. The van der Waals surface area contributed by atoms with Crippen LogP contribution in [0.3, 0.4) is 0 Å². The van der Waals surface area contributed by atoms with Crippen LogP contribution in [-0.2, 0) is 4.79 Å². The van der Waals surface area contributed by atoms with Gasteiger partial charge in [0.25, 0.3) is 0 Å². The Bertz CT molecular complexity index is 503. The zero-order valence-electron chi connectivity index (χ0n) is 11.7. The highest BCUT2D eigenvalue weighted by atomic mass is 35.5. The highest BCUT2D eigenvalue weighted by molar-refractivity contribution is 6.39. The quantitative estimate of drug-likeness (QED) is 0.896. The first-order valence-corrected chi connectivity index (χ1v) is 8.08. The van der Waals surface area contributed by atoms with Crippen LogP contribution in [0.1, 0.15) is 12.8 Å². The van der Waals surface area contributed by atoms with Gasteiger partial charge in [0.1, 0.15) is 0 Å². The molecule has 21 heavy (non-hydrogen) atoms. The number of likely N-dealkylation sites (tertiary alicyclic amines) is 1. The molecule has 0 spiro atoms. The van der Waals surface area contributed by atoms with Crippen molar-refractivity contribution < 1.29 is 4.79 Å². The van der Waals surface area contributed by atoms with E-state index in [9.17, 15) is 4.79 Å². The number of amides is 1. The van der Waals surface area contributed by atoms with E-state index in [1.807, 2.05) is 0 Å². The molecule has 1 amide bonds. The first-order valence-electron chi connectivity index (χ1n) is 7.33. The molecule has 0 bridgehead atoms. The molecule has 6 heteroatoms. The number of hydrogen-bond donors (Lipinski definition) is 2. The van der Waals surface area contributed by atoms with Gasteiger partial charge in [-0.05, 0) is 37.4 Å². The Morgan fingerprint density at radius 3 is 2.81 bits per heavy atom. The van der Waals surface area contributed by atoms with Gasteiger partial charge in [0.05, 0.1) is 22.3 Å².